The highest BCUT2D eigenvalue weighted by molar-refractivity contribution is 5.84. The zero-order chi connectivity index (χ0) is 12.1. The summed E-state index contributed by atoms with van der Waals surface area (Å²) >= 11 is 0. The maximum absolute atomic E-state index is 11.3. The number of allylic oxidation sites excluding steroid dienone is 2. The molecule has 3 aliphatic carbocycles. The Bertz CT molecular complexity index is 434. The maximum Gasteiger partial charge on any atom is 0.331 e. The quantitative estimate of drug-likeness (QED) is 0.612. The van der Waals surface area contributed by atoms with Crippen molar-refractivity contribution >= 4 is 5.97 Å². The topological polar surface area (TPSA) is 26.3 Å². The molecule has 0 aromatic rings. The summed E-state index contributed by atoms with van der Waals surface area (Å²) in [6.45, 7) is 0.619. The molecule has 5 atom stereocenters. The number of carbonyl (C=O) groups is 1. The number of hydrogen-bond donors (Lipinski definition) is 0. The maximum atomic E-state index is 11.3. The van der Waals surface area contributed by atoms with Crippen molar-refractivity contribution in [2.45, 2.75) is 32.1 Å². The van der Waals surface area contributed by atoms with Gasteiger partial charge in [0.2, 0.25) is 0 Å². The van der Waals surface area contributed by atoms with Crippen LogP contribution >= 0.6 is 0 Å². The third-order valence-electron chi connectivity index (χ3n) is 5.72. The molecule has 18 heavy (non-hydrogen) atoms. The summed E-state index contributed by atoms with van der Waals surface area (Å²) in [6.07, 6.45) is 13.4. The lowest BCUT2D eigenvalue weighted by Gasteiger charge is -2.45. The van der Waals surface area contributed by atoms with Gasteiger partial charge in [0.15, 0.2) is 0 Å². The zero-order valence-electron chi connectivity index (χ0n) is 10.7. The zero-order valence-corrected chi connectivity index (χ0v) is 10.7. The van der Waals surface area contributed by atoms with E-state index in [1.165, 1.54) is 37.7 Å². The highest BCUT2D eigenvalue weighted by Gasteiger charge is 2.46. The molecule has 4 aliphatic rings. The van der Waals surface area contributed by atoms with E-state index >= 15 is 0 Å². The highest BCUT2D eigenvalue weighted by Crippen LogP contribution is 2.53. The van der Waals surface area contributed by atoms with Crippen molar-refractivity contribution in [2.75, 3.05) is 6.61 Å². The van der Waals surface area contributed by atoms with Gasteiger partial charge in [-0.3, -0.25) is 0 Å². The van der Waals surface area contributed by atoms with Gasteiger partial charge in [-0.25, -0.2) is 4.79 Å². The van der Waals surface area contributed by atoms with E-state index in [1.807, 2.05) is 0 Å². The molecule has 1 heterocycles. The number of rotatable bonds is 0. The summed E-state index contributed by atoms with van der Waals surface area (Å²) in [7, 11) is 0. The van der Waals surface area contributed by atoms with Crippen LogP contribution in [0.4, 0.5) is 0 Å². The molecule has 0 spiro atoms. The third kappa shape index (κ3) is 1.51. The van der Waals surface area contributed by atoms with Gasteiger partial charge in [-0.1, -0.05) is 25.0 Å². The van der Waals surface area contributed by atoms with E-state index in [1.54, 1.807) is 6.08 Å². The summed E-state index contributed by atoms with van der Waals surface area (Å²) in [5.41, 5.74) is 1.23. The molecule has 5 unspecified atom stereocenters. The molecule has 2 fully saturated rings. The van der Waals surface area contributed by atoms with E-state index in [9.17, 15) is 4.79 Å². The van der Waals surface area contributed by atoms with Gasteiger partial charge in [0.25, 0.3) is 0 Å². The number of ether oxygens (including phenoxy) is 1. The molecule has 0 aromatic carbocycles. The van der Waals surface area contributed by atoms with Gasteiger partial charge in [0, 0.05) is 12.0 Å². The van der Waals surface area contributed by atoms with Crippen molar-refractivity contribution in [3.05, 3.63) is 23.8 Å². The van der Waals surface area contributed by atoms with Crippen LogP contribution in [0.1, 0.15) is 32.1 Å². The Morgan fingerprint density at radius 1 is 1.11 bits per heavy atom. The second kappa shape index (κ2) is 3.97. The number of carbonyl (C=O) groups excluding carboxylic acids is 1. The van der Waals surface area contributed by atoms with Crippen LogP contribution in [-0.4, -0.2) is 12.6 Å². The molecule has 0 saturated heterocycles. The van der Waals surface area contributed by atoms with Crippen molar-refractivity contribution < 1.29 is 9.53 Å². The minimum absolute atomic E-state index is 0.154. The Morgan fingerprint density at radius 2 is 2.06 bits per heavy atom. The molecule has 0 aromatic heterocycles. The number of fused-ring (bicyclic) bond motifs is 5. The molecule has 2 nitrogen and oxygen atoms in total. The van der Waals surface area contributed by atoms with Gasteiger partial charge in [-0.15, -0.1) is 0 Å². The van der Waals surface area contributed by atoms with E-state index < -0.39 is 0 Å². The summed E-state index contributed by atoms with van der Waals surface area (Å²) < 4.78 is 5.26. The third-order valence-corrected chi connectivity index (χ3v) is 5.72. The van der Waals surface area contributed by atoms with Crippen LogP contribution in [0.2, 0.25) is 0 Å². The van der Waals surface area contributed by atoms with Crippen LogP contribution in [-0.2, 0) is 9.53 Å². The Morgan fingerprint density at radius 3 is 3.00 bits per heavy atom. The van der Waals surface area contributed by atoms with Crippen LogP contribution in [0.15, 0.2) is 23.8 Å². The van der Waals surface area contributed by atoms with Crippen LogP contribution in [0, 0.1) is 29.6 Å². The summed E-state index contributed by atoms with van der Waals surface area (Å²) in [5.74, 6) is 3.71. The highest BCUT2D eigenvalue weighted by atomic mass is 16.5. The Hall–Kier alpha value is -1.05. The fraction of sp³-hybridized carbons (Fsp3) is 0.688. The van der Waals surface area contributed by atoms with Gasteiger partial charge in [-0.05, 0) is 48.5 Å². The Balaban J connectivity index is 1.68. The largest absolute Gasteiger partial charge is 0.462 e. The Kier molecular flexibility index (Phi) is 2.39. The second-order valence-corrected chi connectivity index (χ2v) is 6.41. The molecular weight excluding hydrogens is 224 g/mol. The summed E-state index contributed by atoms with van der Waals surface area (Å²) in [6, 6.07) is 0. The van der Waals surface area contributed by atoms with Crippen molar-refractivity contribution in [1.29, 1.82) is 0 Å². The lowest BCUT2D eigenvalue weighted by Crippen LogP contribution is -2.40. The van der Waals surface area contributed by atoms with Gasteiger partial charge in [-0.2, -0.15) is 0 Å². The molecule has 0 amide bonds. The smallest absolute Gasteiger partial charge is 0.331 e. The first-order valence-corrected chi connectivity index (χ1v) is 7.39. The van der Waals surface area contributed by atoms with E-state index in [0.717, 1.165) is 23.7 Å². The predicted molar refractivity (Wildman–Crippen MR) is 68.7 cm³/mol. The number of esters is 1. The van der Waals surface area contributed by atoms with Gasteiger partial charge in [0.1, 0.15) is 0 Å². The molecule has 1 aliphatic heterocycles. The summed E-state index contributed by atoms with van der Waals surface area (Å²) in [5, 5.41) is 0. The molecule has 2 heteroatoms. The number of cyclic esters (lactones) is 1. The normalized spacial score (nSPS) is 45.7. The van der Waals surface area contributed by atoms with Crippen molar-refractivity contribution in [3.8, 4) is 0 Å². The lowest BCUT2D eigenvalue weighted by molar-refractivity contribution is -0.141. The van der Waals surface area contributed by atoms with Gasteiger partial charge < -0.3 is 4.74 Å². The molecule has 0 N–H and O–H groups in total. The van der Waals surface area contributed by atoms with Crippen LogP contribution < -0.4 is 0 Å². The van der Waals surface area contributed by atoms with E-state index in [2.05, 4.69) is 12.2 Å². The first-order chi connectivity index (χ1) is 8.83. The fourth-order valence-corrected chi connectivity index (χ4v) is 4.92. The van der Waals surface area contributed by atoms with Crippen LogP contribution in [0.25, 0.3) is 0 Å². The first-order valence-electron chi connectivity index (χ1n) is 7.39. The lowest BCUT2D eigenvalue weighted by atomic mass is 9.60. The monoisotopic (exact) mass is 244 g/mol. The molecule has 4 rings (SSSR count). The van der Waals surface area contributed by atoms with Gasteiger partial charge >= 0.3 is 5.97 Å². The Labute approximate surface area is 108 Å². The average molecular weight is 244 g/mol. The van der Waals surface area contributed by atoms with E-state index in [0.29, 0.717) is 12.5 Å². The number of hydrogen-bond acceptors (Lipinski definition) is 2. The molecular formula is C16H20O2. The van der Waals surface area contributed by atoms with Gasteiger partial charge in [0.05, 0.1) is 6.61 Å². The standard InChI is InChI=1S/C16H20O2/c17-16-8-11-5-7-13-12-3-1-2-10(12)4-6-14(13)15(11)9-18-16/h5,7-8,10,12-15H,1-4,6,9H2. The van der Waals surface area contributed by atoms with Crippen LogP contribution in [0.3, 0.4) is 0 Å². The van der Waals surface area contributed by atoms with E-state index in [4.69, 9.17) is 4.74 Å². The molecule has 0 bridgehead atoms. The minimum atomic E-state index is -0.154. The predicted octanol–water partition coefficient (Wildman–Crippen LogP) is 3.10. The van der Waals surface area contributed by atoms with Crippen molar-refractivity contribution in [3.63, 3.8) is 0 Å². The minimum Gasteiger partial charge on any atom is -0.462 e. The molecule has 2 saturated carbocycles. The van der Waals surface area contributed by atoms with E-state index in [-0.39, 0.29) is 5.97 Å². The average Bonchev–Trinajstić information content (AvgIpc) is 2.86. The van der Waals surface area contributed by atoms with Crippen LogP contribution in [0.5, 0.6) is 0 Å². The van der Waals surface area contributed by atoms with Crippen molar-refractivity contribution in [1.82, 2.24) is 0 Å². The second-order valence-electron chi connectivity index (χ2n) is 6.41. The van der Waals surface area contributed by atoms with Crippen molar-refractivity contribution in [2.24, 2.45) is 29.6 Å². The molecule has 96 valence electrons. The first kappa shape index (κ1) is 10.8. The summed E-state index contributed by atoms with van der Waals surface area (Å²) in [4.78, 5) is 11.3. The molecule has 0 radical (unpaired) electrons. The SMILES string of the molecule is O=C1C=C2C=CC3C4CCCC4CCC3C2CO1. The fourth-order valence-electron chi connectivity index (χ4n) is 4.92.